The number of piperazine rings is 1. The Bertz CT molecular complexity index is 781. The van der Waals surface area contributed by atoms with Crippen LogP contribution in [0, 0.1) is 12.8 Å². The van der Waals surface area contributed by atoms with E-state index in [4.69, 9.17) is 0 Å². The van der Waals surface area contributed by atoms with Crippen molar-refractivity contribution in [3.63, 3.8) is 0 Å². The van der Waals surface area contributed by atoms with E-state index in [1.54, 1.807) is 0 Å². The number of carbonyl (C=O) groups excluding carboxylic acids is 3. The van der Waals surface area contributed by atoms with Crippen molar-refractivity contribution in [1.82, 2.24) is 15.1 Å². The van der Waals surface area contributed by atoms with Crippen LogP contribution in [0.4, 0.5) is 0 Å². The Morgan fingerprint density at radius 1 is 1.24 bits per heavy atom. The van der Waals surface area contributed by atoms with Crippen LogP contribution in [-0.4, -0.2) is 58.7 Å². The predicted octanol–water partition coefficient (Wildman–Crippen LogP) is 2.75. The van der Waals surface area contributed by atoms with Gasteiger partial charge >= 0.3 is 0 Å². The molecule has 158 valence electrons. The lowest BCUT2D eigenvalue weighted by Gasteiger charge is -2.51. The predicted molar refractivity (Wildman–Crippen MR) is 112 cm³/mol. The quantitative estimate of drug-likeness (QED) is 0.828. The van der Waals surface area contributed by atoms with Crippen LogP contribution in [0.3, 0.4) is 0 Å². The largest absolute Gasteiger partial charge is 0.342 e. The number of nitrogens with zero attached hydrogens (tertiary/aromatic N) is 2. The molecule has 0 bridgehead atoms. The van der Waals surface area contributed by atoms with Gasteiger partial charge in [-0.25, -0.2) is 0 Å². The van der Waals surface area contributed by atoms with Gasteiger partial charge < -0.3 is 15.1 Å². The zero-order valence-electron chi connectivity index (χ0n) is 18.0. The Kier molecular flexibility index (Phi) is 6.30. The van der Waals surface area contributed by atoms with E-state index in [2.05, 4.69) is 19.2 Å². The van der Waals surface area contributed by atoms with E-state index in [9.17, 15) is 14.4 Å². The first kappa shape index (κ1) is 21.3. The summed E-state index contributed by atoms with van der Waals surface area (Å²) in [4.78, 5) is 42.9. The molecule has 2 heterocycles. The maximum absolute atomic E-state index is 13.2. The number of aryl methyl sites for hydroxylation is 1. The van der Waals surface area contributed by atoms with Crippen molar-refractivity contribution >= 4 is 17.7 Å². The number of nitrogens with one attached hydrogen (secondary N) is 1. The summed E-state index contributed by atoms with van der Waals surface area (Å²) in [6.07, 6.45) is 2.42. The van der Waals surface area contributed by atoms with Crippen LogP contribution in [0.1, 0.15) is 62.4 Å². The molecular weight excluding hydrogens is 366 g/mol. The van der Waals surface area contributed by atoms with E-state index in [0.29, 0.717) is 50.4 Å². The van der Waals surface area contributed by atoms with Gasteiger partial charge in [0.2, 0.25) is 11.8 Å². The van der Waals surface area contributed by atoms with Crippen LogP contribution >= 0.6 is 0 Å². The maximum atomic E-state index is 13.2. The minimum absolute atomic E-state index is 0.00850. The summed E-state index contributed by atoms with van der Waals surface area (Å²) < 4.78 is 0. The van der Waals surface area contributed by atoms with E-state index in [0.717, 1.165) is 12.0 Å². The van der Waals surface area contributed by atoms with Gasteiger partial charge in [0.25, 0.3) is 5.91 Å². The number of hydrogen-bond acceptors (Lipinski definition) is 3. The maximum Gasteiger partial charge on any atom is 0.253 e. The number of piperidine rings is 1. The van der Waals surface area contributed by atoms with Crippen molar-refractivity contribution in [2.24, 2.45) is 5.92 Å². The van der Waals surface area contributed by atoms with Gasteiger partial charge in [-0.05, 0) is 50.7 Å². The smallest absolute Gasteiger partial charge is 0.253 e. The fourth-order valence-corrected chi connectivity index (χ4v) is 4.59. The van der Waals surface area contributed by atoms with E-state index < -0.39 is 11.6 Å². The Labute approximate surface area is 173 Å². The molecule has 1 spiro atoms. The Balaban J connectivity index is 1.77. The molecule has 1 atom stereocenters. The second-order valence-electron chi connectivity index (χ2n) is 8.84. The average Bonchev–Trinajstić information content (AvgIpc) is 2.69. The molecule has 1 aromatic carbocycles. The molecule has 2 fully saturated rings. The Hall–Kier alpha value is -2.37. The van der Waals surface area contributed by atoms with Gasteiger partial charge in [-0.2, -0.15) is 0 Å². The minimum Gasteiger partial charge on any atom is -0.342 e. The molecule has 1 unspecified atom stereocenters. The second kappa shape index (κ2) is 8.56. The summed E-state index contributed by atoms with van der Waals surface area (Å²) in [6, 6.07) is 7.14. The van der Waals surface area contributed by atoms with Crippen molar-refractivity contribution < 1.29 is 14.4 Å². The van der Waals surface area contributed by atoms with E-state index in [-0.39, 0.29) is 17.7 Å². The standard InChI is InChI=1S/C23H33N3O3/c1-5-11-26-21(28)19(14-16(2)3)24-22(29)23(26)9-12-25(13-10-23)20(27)18-8-6-7-17(4)15-18/h6-8,15-16,19H,5,9-14H2,1-4H3,(H,24,29). The van der Waals surface area contributed by atoms with E-state index in [1.807, 2.05) is 47.9 Å². The lowest BCUT2D eigenvalue weighted by molar-refractivity contribution is -0.161. The number of amides is 3. The Morgan fingerprint density at radius 2 is 1.93 bits per heavy atom. The van der Waals surface area contributed by atoms with Crippen molar-refractivity contribution in [3.05, 3.63) is 35.4 Å². The van der Waals surface area contributed by atoms with Gasteiger partial charge in [0.1, 0.15) is 11.6 Å². The normalized spacial score (nSPS) is 21.6. The van der Waals surface area contributed by atoms with Crippen molar-refractivity contribution in [2.45, 2.75) is 65.0 Å². The SMILES string of the molecule is CCCN1C(=O)C(CC(C)C)NC(=O)C12CCN(C(=O)c1cccc(C)c1)CC2. The van der Waals surface area contributed by atoms with Crippen LogP contribution in [0.5, 0.6) is 0 Å². The highest BCUT2D eigenvalue weighted by molar-refractivity contribution is 6.00. The van der Waals surface area contributed by atoms with Crippen molar-refractivity contribution in [3.8, 4) is 0 Å². The average molecular weight is 400 g/mol. The highest BCUT2D eigenvalue weighted by Gasteiger charge is 2.53. The summed E-state index contributed by atoms with van der Waals surface area (Å²) in [7, 11) is 0. The Morgan fingerprint density at radius 3 is 2.52 bits per heavy atom. The summed E-state index contributed by atoms with van der Waals surface area (Å²) in [5.74, 6) is 0.291. The third kappa shape index (κ3) is 4.16. The van der Waals surface area contributed by atoms with Gasteiger partial charge in [-0.15, -0.1) is 0 Å². The highest BCUT2D eigenvalue weighted by Crippen LogP contribution is 2.34. The summed E-state index contributed by atoms with van der Waals surface area (Å²) in [5.41, 5.74) is 0.892. The number of benzene rings is 1. The van der Waals surface area contributed by atoms with Crippen LogP contribution < -0.4 is 5.32 Å². The lowest BCUT2D eigenvalue weighted by Crippen LogP contribution is -2.73. The number of carbonyl (C=O) groups is 3. The monoisotopic (exact) mass is 399 g/mol. The van der Waals surface area contributed by atoms with Gasteiger partial charge in [0.05, 0.1) is 0 Å². The van der Waals surface area contributed by atoms with Gasteiger partial charge in [-0.3, -0.25) is 14.4 Å². The first-order chi connectivity index (χ1) is 13.8. The van der Waals surface area contributed by atoms with Crippen molar-refractivity contribution in [1.29, 1.82) is 0 Å². The molecule has 3 amide bonds. The molecule has 0 radical (unpaired) electrons. The molecule has 2 aliphatic heterocycles. The minimum atomic E-state index is -0.829. The van der Waals surface area contributed by atoms with E-state index in [1.165, 1.54) is 0 Å². The topological polar surface area (TPSA) is 69.7 Å². The van der Waals surface area contributed by atoms with Gasteiger partial charge in [0, 0.05) is 25.2 Å². The number of hydrogen-bond donors (Lipinski definition) is 1. The lowest BCUT2D eigenvalue weighted by atomic mass is 9.80. The van der Waals surface area contributed by atoms with Crippen LogP contribution in [0.2, 0.25) is 0 Å². The van der Waals surface area contributed by atoms with Crippen LogP contribution in [0.15, 0.2) is 24.3 Å². The molecule has 29 heavy (non-hydrogen) atoms. The van der Waals surface area contributed by atoms with Gasteiger partial charge in [0.15, 0.2) is 0 Å². The third-order valence-electron chi connectivity index (χ3n) is 6.11. The highest BCUT2D eigenvalue weighted by atomic mass is 16.2. The summed E-state index contributed by atoms with van der Waals surface area (Å²) in [6.45, 7) is 9.64. The second-order valence-corrected chi connectivity index (χ2v) is 8.84. The molecule has 6 heteroatoms. The van der Waals surface area contributed by atoms with Gasteiger partial charge in [-0.1, -0.05) is 38.5 Å². The first-order valence-electron chi connectivity index (χ1n) is 10.8. The summed E-state index contributed by atoms with van der Waals surface area (Å²) >= 11 is 0. The van der Waals surface area contributed by atoms with Crippen LogP contribution in [-0.2, 0) is 9.59 Å². The molecule has 1 aromatic rings. The fraction of sp³-hybridized carbons (Fsp3) is 0.609. The zero-order chi connectivity index (χ0) is 21.2. The first-order valence-corrected chi connectivity index (χ1v) is 10.8. The molecule has 0 saturated carbocycles. The molecule has 0 aromatic heterocycles. The molecule has 0 aliphatic carbocycles. The van der Waals surface area contributed by atoms with Crippen molar-refractivity contribution in [2.75, 3.05) is 19.6 Å². The van der Waals surface area contributed by atoms with Crippen LogP contribution in [0.25, 0.3) is 0 Å². The number of rotatable bonds is 5. The zero-order valence-corrected chi connectivity index (χ0v) is 18.0. The number of likely N-dealkylation sites (tertiary alicyclic amines) is 1. The summed E-state index contributed by atoms with van der Waals surface area (Å²) in [5, 5.41) is 3.00. The fourth-order valence-electron chi connectivity index (χ4n) is 4.59. The molecule has 6 nitrogen and oxygen atoms in total. The third-order valence-corrected chi connectivity index (χ3v) is 6.11. The molecule has 3 rings (SSSR count). The van der Waals surface area contributed by atoms with E-state index >= 15 is 0 Å². The molecule has 2 saturated heterocycles. The molecular formula is C23H33N3O3. The molecule has 2 aliphatic rings. The molecule has 1 N–H and O–H groups in total.